The van der Waals surface area contributed by atoms with Gasteiger partial charge in [-0.15, -0.1) is 0 Å². The fourth-order valence-electron chi connectivity index (χ4n) is 2.84. The van der Waals surface area contributed by atoms with E-state index in [-0.39, 0.29) is 0 Å². The maximum absolute atomic E-state index is 8.64. The minimum absolute atomic E-state index is 0.303. The van der Waals surface area contributed by atoms with Crippen molar-refractivity contribution in [1.29, 1.82) is 0 Å². The fourth-order valence-corrected chi connectivity index (χ4v) is 2.84. The average molecular weight is 240 g/mol. The fraction of sp³-hybridized carbons (Fsp3) is 0.917. The summed E-state index contributed by atoms with van der Waals surface area (Å²) in [5.41, 5.74) is 5.93. The summed E-state index contributed by atoms with van der Waals surface area (Å²) in [5.74, 6) is 0.380. The van der Waals surface area contributed by atoms with Crippen LogP contribution in [0.2, 0.25) is 0 Å². The monoisotopic (exact) mass is 240 g/mol. The van der Waals surface area contributed by atoms with Crippen LogP contribution >= 0.6 is 0 Å². The lowest BCUT2D eigenvalue weighted by Crippen LogP contribution is -2.35. The van der Waals surface area contributed by atoms with E-state index >= 15 is 0 Å². The first kappa shape index (κ1) is 12.6. The van der Waals surface area contributed by atoms with E-state index in [0.717, 1.165) is 19.5 Å². The molecule has 2 aliphatic rings. The summed E-state index contributed by atoms with van der Waals surface area (Å²) >= 11 is 0. The van der Waals surface area contributed by atoms with Crippen molar-refractivity contribution in [2.75, 3.05) is 33.7 Å². The number of rotatable bonds is 5. The van der Waals surface area contributed by atoms with Crippen LogP contribution in [-0.4, -0.2) is 60.6 Å². The van der Waals surface area contributed by atoms with Crippen molar-refractivity contribution >= 4 is 5.84 Å². The summed E-state index contributed by atoms with van der Waals surface area (Å²) in [6.45, 7) is 3.44. The highest BCUT2D eigenvalue weighted by atomic mass is 16.4. The zero-order chi connectivity index (χ0) is 12.5. The van der Waals surface area contributed by atoms with Crippen LogP contribution in [0.15, 0.2) is 5.16 Å². The quantitative estimate of drug-likeness (QED) is 0.318. The summed E-state index contributed by atoms with van der Waals surface area (Å²) < 4.78 is 0. The van der Waals surface area contributed by atoms with Crippen LogP contribution in [0, 0.1) is 5.41 Å². The molecule has 1 atom stereocenters. The van der Waals surface area contributed by atoms with E-state index in [2.05, 4.69) is 29.1 Å². The lowest BCUT2D eigenvalue weighted by molar-refractivity contribution is 0.234. The van der Waals surface area contributed by atoms with Crippen LogP contribution in [0.1, 0.15) is 25.7 Å². The van der Waals surface area contributed by atoms with Gasteiger partial charge in [0.1, 0.15) is 5.84 Å². The van der Waals surface area contributed by atoms with E-state index in [1.165, 1.54) is 25.8 Å². The maximum atomic E-state index is 8.64. The molecule has 0 aromatic carbocycles. The van der Waals surface area contributed by atoms with Gasteiger partial charge in [-0.2, -0.15) is 0 Å². The summed E-state index contributed by atoms with van der Waals surface area (Å²) in [7, 11) is 4.30. The van der Waals surface area contributed by atoms with Gasteiger partial charge in [0.15, 0.2) is 0 Å². The highest BCUT2D eigenvalue weighted by Gasteiger charge is 2.45. The molecule has 2 fully saturated rings. The second-order valence-corrected chi connectivity index (χ2v) is 5.91. The van der Waals surface area contributed by atoms with E-state index in [1.54, 1.807) is 0 Å². The minimum atomic E-state index is 0.303. The molecule has 17 heavy (non-hydrogen) atoms. The Morgan fingerprint density at radius 3 is 2.71 bits per heavy atom. The first-order chi connectivity index (χ1) is 8.04. The van der Waals surface area contributed by atoms with Gasteiger partial charge in [0.05, 0.1) is 0 Å². The Morgan fingerprint density at radius 2 is 2.24 bits per heavy atom. The van der Waals surface area contributed by atoms with Crippen LogP contribution in [0.25, 0.3) is 0 Å². The van der Waals surface area contributed by atoms with Crippen LogP contribution in [0.4, 0.5) is 0 Å². The number of oxime groups is 1. The maximum Gasteiger partial charge on any atom is 0.139 e. The highest BCUT2D eigenvalue weighted by Crippen LogP contribution is 2.49. The number of hydrogen-bond acceptors (Lipinski definition) is 4. The van der Waals surface area contributed by atoms with Gasteiger partial charge in [-0.25, -0.2) is 0 Å². The van der Waals surface area contributed by atoms with Crippen molar-refractivity contribution in [2.24, 2.45) is 16.3 Å². The Morgan fingerprint density at radius 1 is 1.53 bits per heavy atom. The molecule has 0 radical (unpaired) electrons. The van der Waals surface area contributed by atoms with Crippen molar-refractivity contribution in [1.82, 2.24) is 9.80 Å². The van der Waals surface area contributed by atoms with Crippen LogP contribution in [-0.2, 0) is 0 Å². The van der Waals surface area contributed by atoms with E-state index in [0.29, 0.717) is 17.3 Å². The molecule has 0 amide bonds. The molecule has 1 aliphatic heterocycles. The number of nitrogens with zero attached hydrogens (tertiary/aromatic N) is 3. The molecular weight excluding hydrogens is 216 g/mol. The summed E-state index contributed by atoms with van der Waals surface area (Å²) in [6.07, 6.45) is 4.43. The Balaban J connectivity index is 1.82. The molecule has 1 aliphatic carbocycles. The summed E-state index contributed by atoms with van der Waals surface area (Å²) in [5, 5.41) is 11.7. The van der Waals surface area contributed by atoms with Gasteiger partial charge in [0, 0.05) is 25.6 Å². The van der Waals surface area contributed by atoms with Crippen molar-refractivity contribution < 1.29 is 5.21 Å². The van der Waals surface area contributed by atoms with Gasteiger partial charge in [0.25, 0.3) is 0 Å². The van der Waals surface area contributed by atoms with Crippen LogP contribution < -0.4 is 5.73 Å². The van der Waals surface area contributed by atoms with Gasteiger partial charge in [0.2, 0.25) is 0 Å². The Bertz CT molecular complexity index is 299. The molecular formula is C12H24N4O. The second kappa shape index (κ2) is 4.82. The van der Waals surface area contributed by atoms with Gasteiger partial charge < -0.3 is 20.7 Å². The molecule has 0 spiro atoms. The van der Waals surface area contributed by atoms with Crippen LogP contribution in [0.3, 0.4) is 0 Å². The third-order valence-corrected chi connectivity index (χ3v) is 4.18. The van der Waals surface area contributed by atoms with Gasteiger partial charge in [-0.3, -0.25) is 0 Å². The average Bonchev–Trinajstić information content (AvgIpc) is 2.86. The third kappa shape index (κ3) is 3.10. The SMILES string of the molecule is CN(C)C1CCN(CC2(CC(N)=NO)CC2)C1. The Kier molecular flexibility index (Phi) is 3.58. The van der Waals surface area contributed by atoms with E-state index < -0.39 is 0 Å². The third-order valence-electron chi connectivity index (χ3n) is 4.18. The summed E-state index contributed by atoms with van der Waals surface area (Å²) in [6, 6.07) is 0.689. The molecule has 5 nitrogen and oxygen atoms in total. The van der Waals surface area contributed by atoms with Crippen molar-refractivity contribution in [3.05, 3.63) is 0 Å². The summed E-state index contributed by atoms with van der Waals surface area (Å²) in [4.78, 5) is 4.84. The van der Waals surface area contributed by atoms with E-state index in [1.807, 2.05) is 0 Å². The molecule has 1 unspecified atom stereocenters. The molecule has 98 valence electrons. The molecule has 1 saturated heterocycles. The molecule has 1 heterocycles. The largest absolute Gasteiger partial charge is 0.409 e. The molecule has 0 bridgehead atoms. The zero-order valence-corrected chi connectivity index (χ0v) is 10.9. The predicted octanol–water partition coefficient (Wildman–Crippen LogP) is 0.539. The van der Waals surface area contributed by atoms with Crippen LogP contribution in [0.5, 0.6) is 0 Å². The zero-order valence-electron chi connectivity index (χ0n) is 10.9. The van der Waals surface area contributed by atoms with E-state index in [4.69, 9.17) is 10.9 Å². The Hall–Kier alpha value is -0.810. The van der Waals surface area contributed by atoms with Crippen molar-refractivity contribution in [3.8, 4) is 0 Å². The first-order valence-corrected chi connectivity index (χ1v) is 6.40. The standard InChI is InChI=1S/C12H24N4O/c1-15(2)10-3-6-16(8-10)9-12(4-5-12)7-11(13)14-17/h10,17H,3-9H2,1-2H3,(H2,13,14). The number of likely N-dealkylation sites (N-methyl/N-ethyl adjacent to an activating group) is 1. The molecule has 1 saturated carbocycles. The van der Waals surface area contributed by atoms with E-state index in [9.17, 15) is 0 Å². The number of amidine groups is 1. The number of nitrogens with two attached hydrogens (primary N) is 1. The topological polar surface area (TPSA) is 65.1 Å². The van der Waals surface area contributed by atoms with Gasteiger partial charge in [-0.05, 0) is 45.3 Å². The molecule has 5 heteroatoms. The number of hydrogen-bond donors (Lipinski definition) is 2. The normalized spacial score (nSPS) is 28.9. The lowest BCUT2D eigenvalue weighted by atomic mass is 10.0. The molecule has 0 aromatic rings. The molecule has 0 aromatic heterocycles. The predicted molar refractivity (Wildman–Crippen MR) is 68.2 cm³/mol. The highest BCUT2D eigenvalue weighted by molar-refractivity contribution is 5.80. The lowest BCUT2D eigenvalue weighted by Gasteiger charge is -2.24. The second-order valence-electron chi connectivity index (χ2n) is 5.91. The van der Waals surface area contributed by atoms with Crippen molar-refractivity contribution in [2.45, 2.75) is 31.7 Å². The Labute approximate surface area is 103 Å². The van der Waals surface area contributed by atoms with Gasteiger partial charge >= 0.3 is 0 Å². The number of likely N-dealkylation sites (tertiary alicyclic amines) is 1. The molecule has 2 rings (SSSR count). The smallest absolute Gasteiger partial charge is 0.139 e. The first-order valence-electron chi connectivity index (χ1n) is 6.40. The minimum Gasteiger partial charge on any atom is -0.409 e. The van der Waals surface area contributed by atoms with Crippen molar-refractivity contribution in [3.63, 3.8) is 0 Å². The van der Waals surface area contributed by atoms with Gasteiger partial charge in [-0.1, -0.05) is 5.16 Å². The molecule has 3 N–H and O–H groups in total.